The molecule has 0 radical (unpaired) electrons. The number of nitrogen functional groups attached to an aromatic ring is 1. The Labute approximate surface area is 115 Å². The number of benzene rings is 1. The minimum atomic E-state index is -3.40. The van der Waals surface area contributed by atoms with Crippen LogP contribution < -0.4 is 5.73 Å². The lowest BCUT2D eigenvalue weighted by molar-refractivity contribution is 0.388. The summed E-state index contributed by atoms with van der Waals surface area (Å²) < 4.78 is 26.9. The van der Waals surface area contributed by atoms with Gasteiger partial charge in [0, 0.05) is 18.8 Å². The highest BCUT2D eigenvalue weighted by atomic mass is 32.2. The molecule has 0 aromatic heterocycles. The Balaban J connectivity index is 2.31. The van der Waals surface area contributed by atoms with Crippen molar-refractivity contribution >= 4 is 15.7 Å². The Hall–Kier alpha value is -1.07. The van der Waals surface area contributed by atoms with E-state index < -0.39 is 10.0 Å². The van der Waals surface area contributed by atoms with Crippen LogP contribution in [0.15, 0.2) is 23.1 Å². The van der Waals surface area contributed by atoms with E-state index in [4.69, 9.17) is 5.73 Å². The molecule has 1 saturated heterocycles. The zero-order valence-electron chi connectivity index (χ0n) is 11.8. The van der Waals surface area contributed by atoms with Crippen molar-refractivity contribution in [1.29, 1.82) is 0 Å². The van der Waals surface area contributed by atoms with Crippen molar-refractivity contribution in [2.24, 2.45) is 11.8 Å². The molecule has 2 rings (SSSR count). The topological polar surface area (TPSA) is 63.4 Å². The molecule has 5 heteroatoms. The molecule has 1 aromatic carbocycles. The van der Waals surface area contributed by atoms with Crippen LogP contribution in [-0.4, -0.2) is 25.8 Å². The molecule has 0 amide bonds. The van der Waals surface area contributed by atoms with Crippen molar-refractivity contribution in [2.45, 2.75) is 32.1 Å². The fraction of sp³-hybridized carbons (Fsp3) is 0.571. The van der Waals surface area contributed by atoms with Crippen LogP contribution in [0.3, 0.4) is 0 Å². The maximum Gasteiger partial charge on any atom is 0.243 e. The summed E-state index contributed by atoms with van der Waals surface area (Å²) in [5, 5.41) is 0. The Morgan fingerprint density at radius 2 is 2.05 bits per heavy atom. The highest BCUT2D eigenvalue weighted by Gasteiger charge is 2.34. The van der Waals surface area contributed by atoms with Crippen LogP contribution in [0, 0.1) is 18.8 Å². The largest absolute Gasteiger partial charge is 0.398 e. The number of sulfonamides is 1. The highest BCUT2D eigenvalue weighted by molar-refractivity contribution is 7.89. The summed E-state index contributed by atoms with van der Waals surface area (Å²) in [6, 6.07) is 5.07. The molecule has 1 atom stereocenters. The second kappa shape index (κ2) is 5.13. The number of nitrogens with zero attached hydrogens (tertiary/aromatic N) is 1. The van der Waals surface area contributed by atoms with Gasteiger partial charge in [-0.3, -0.25) is 0 Å². The second-order valence-electron chi connectivity index (χ2n) is 5.63. The van der Waals surface area contributed by atoms with Crippen molar-refractivity contribution in [2.75, 3.05) is 18.8 Å². The van der Waals surface area contributed by atoms with Gasteiger partial charge in [0.15, 0.2) is 0 Å². The van der Waals surface area contributed by atoms with Crippen molar-refractivity contribution in [3.8, 4) is 0 Å². The molecule has 2 N–H and O–H groups in total. The monoisotopic (exact) mass is 282 g/mol. The van der Waals surface area contributed by atoms with Gasteiger partial charge in [0.2, 0.25) is 10.0 Å². The number of anilines is 1. The maximum absolute atomic E-state index is 12.6. The van der Waals surface area contributed by atoms with Gasteiger partial charge in [-0.15, -0.1) is 0 Å². The number of hydrogen-bond acceptors (Lipinski definition) is 3. The molecule has 1 heterocycles. The zero-order chi connectivity index (χ0) is 14.2. The standard InChI is InChI=1S/C14H22N2O2S/c1-10(2)12-7-8-16(9-12)19(17,18)14-6-4-5-13(15)11(14)3/h4-6,10,12H,7-9,15H2,1-3H3. The summed E-state index contributed by atoms with van der Waals surface area (Å²) in [6.45, 7) is 7.28. The first-order valence-corrected chi connectivity index (χ1v) is 8.13. The van der Waals surface area contributed by atoms with E-state index >= 15 is 0 Å². The van der Waals surface area contributed by atoms with Gasteiger partial charge in [-0.25, -0.2) is 8.42 Å². The van der Waals surface area contributed by atoms with E-state index in [9.17, 15) is 8.42 Å². The predicted molar refractivity (Wildman–Crippen MR) is 77.3 cm³/mol. The molecule has 0 saturated carbocycles. The summed E-state index contributed by atoms with van der Waals surface area (Å²) in [5.74, 6) is 0.971. The predicted octanol–water partition coefficient (Wildman–Crippen LogP) is 2.24. The van der Waals surface area contributed by atoms with Crippen LogP contribution in [-0.2, 0) is 10.0 Å². The van der Waals surface area contributed by atoms with E-state index in [1.165, 1.54) is 0 Å². The summed E-state index contributed by atoms with van der Waals surface area (Å²) >= 11 is 0. The first-order valence-electron chi connectivity index (χ1n) is 6.69. The van der Waals surface area contributed by atoms with E-state index in [0.717, 1.165) is 6.42 Å². The van der Waals surface area contributed by atoms with Crippen LogP contribution in [0.1, 0.15) is 25.8 Å². The third kappa shape index (κ3) is 2.62. The van der Waals surface area contributed by atoms with Gasteiger partial charge in [0.1, 0.15) is 0 Å². The molecule has 106 valence electrons. The van der Waals surface area contributed by atoms with Crippen LogP contribution >= 0.6 is 0 Å². The second-order valence-corrected chi connectivity index (χ2v) is 7.53. The van der Waals surface area contributed by atoms with Crippen LogP contribution in [0.25, 0.3) is 0 Å². The molecule has 1 fully saturated rings. The van der Waals surface area contributed by atoms with Crippen molar-refractivity contribution in [3.05, 3.63) is 23.8 Å². The molecule has 0 aliphatic carbocycles. The van der Waals surface area contributed by atoms with Crippen LogP contribution in [0.4, 0.5) is 5.69 Å². The van der Waals surface area contributed by atoms with Gasteiger partial charge >= 0.3 is 0 Å². The van der Waals surface area contributed by atoms with E-state index in [2.05, 4.69) is 13.8 Å². The van der Waals surface area contributed by atoms with Crippen molar-refractivity contribution in [3.63, 3.8) is 0 Å². The molecule has 4 nitrogen and oxygen atoms in total. The zero-order valence-corrected chi connectivity index (χ0v) is 12.6. The third-order valence-corrected chi connectivity index (χ3v) is 6.08. The fourth-order valence-corrected chi connectivity index (χ4v) is 4.33. The fourth-order valence-electron chi connectivity index (χ4n) is 2.57. The lowest BCUT2D eigenvalue weighted by Gasteiger charge is -2.19. The third-order valence-electron chi connectivity index (χ3n) is 4.07. The maximum atomic E-state index is 12.6. The van der Waals surface area contributed by atoms with Gasteiger partial charge in [-0.1, -0.05) is 19.9 Å². The first kappa shape index (κ1) is 14.3. The van der Waals surface area contributed by atoms with Gasteiger partial charge in [0.05, 0.1) is 4.90 Å². The average Bonchev–Trinajstić information content (AvgIpc) is 2.82. The Bertz CT molecular complexity index is 567. The lowest BCUT2D eigenvalue weighted by Crippen LogP contribution is -2.30. The summed E-state index contributed by atoms with van der Waals surface area (Å²) in [4.78, 5) is 0.344. The van der Waals surface area contributed by atoms with Gasteiger partial charge in [-0.05, 0) is 42.9 Å². The summed E-state index contributed by atoms with van der Waals surface area (Å²) in [6.07, 6.45) is 0.943. The van der Waals surface area contributed by atoms with E-state index in [1.807, 2.05) is 0 Å². The molecular formula is C14H22N2O2S. The van der Waals surface area contributed by atoms with Crippen LogP contribution in [0.5, 0.6) is 0 Å². The smallest absolute Gasteiger partial charge is 0.243 e. The molecular weight excluding hydrogens is 260 g/mol. The Kier molecular flexibility index (Phi) is 3.87. The molecule has 1 aliphatic heterocycles. The Morgan fingerprint density at radius 1 is 1.37 bits per heavy atom. The van der Waals surface area contributed by atoms with Crippen molar-refractivity contribution in [1.82, 2.24) is 4.31 Å². The van der Waals surface area contributed by atoms with Gasteiger partial charge < -0.3 is 5.73 Å². The minimum absolute atomic E-state index is 0.344. The molecule has 0 bridgehead atoms. The lowest BCUT2D eigenvalue weighted by atomic mass is 9.96. The average molecular weight is 282 g/mol. The number of rotatable bonds is 3. The summed E-state index contributed by atoms with van der Waals surface area (Å²) in [7, 11) is -3.40. The van der Waals surface area contributed by atoms with Gasteiger partial charge in [-0.2, -0.15) is 4.31 Å². The van der Waals surface area contributed by atoms with E-state index in [0.29, 0.717) is 41.1 Å². The van der Waals surface area contributed by atoms with Gasteiger partial charge in [0.25, 0.3) is 0 Å². The van der Waals surface area contributed by atoms with E-state index in [-0.39, 0.29) is 0 Å². The first-order chi connectivity index (χ1) is 8.84. The normalized spacial score (nSPS) is 21.2. The molecule has 1 unspecified atom stereocenters. The highest BCUT2D eigenvalue weighted by Crippen LogP contribution is 2.30. The molecule has 19 heavy (non-hydrogen) atoms. The number of nitrogens with two attached hydrogens (primary N) is 1. The number of hydrogen-bond donors (Lipinski definition) is 1. The Morgan fingerprint density at radius 3 is 2.63 bits per heavy atom. The van der Waals surface area contributed by atoms with Crippen molar-refractivity contribution < 1.29 is 8.42 Å². The quantitative estimate of drug-likeness (QED) is 0.865. The van der Waals surface area contributed by atoms with E-state index in [1.54, 1.807) is 29.4 Å². The molecule has 1 aromatic rings. The van der Waals surface area contributed by atoms with Crippen LogP contribution in [0.2, 0.25) is 0 Å². The summed E-state index contributed by atoms with van der Waals surface area (Å²) in [5.41, 5.74) is 6.99. The molecule has 1 aliphatic rings. The molecule has 0 spiro atoms. The minimum Gasteiger partial charge on any atom is -0.398 e. The SMILES string of the molecule is Cc1c(N)cccc1S(=O)(=O)N1CCC(C(C)C)C1.